The topological polar surface area (TPSA) is 41.6 Å². The summed E-state index contributed by atoms with van der Waals surface area (Å²) in [4.78, 5) is 15.0. The van der Waals surface area contributed by atoms with Crippen LogP contribution >= 0.6 is 39.7 Å². The summed E-state index contributed by atoms with van der Waals surface area (Å²) < 4.78 is 6.05. The van der Waals surface area contributed by atoms with Crippen LogP contribution in [0.3, 0.4) is 0 Å². The molecule has 0 unspecified atom stereocenters. The van der Waals surface area contributed by atoms with Crippen LogP contribution in [-0.2, 0) is 0 Å². The largest absolute Gasteiger partial charge is 0.495 e. The second-order valence-corrected chi connectivity index (χ2v) is 6.68. The highest BCUT2D eigenvalue weighted by Crippen LogP contribution is 2.35. The molecule has 1 aliphatic heterocycles. The Balaban J connectivity index is 0.00000180. The van der Waals surface area contributed by atoms with Gasteiger partial charge >= 0.3 is 0 Å². The minimum absolute atomic E-state index is 0. The Morgan fingerprint density at radius 1 is 1.53 bits per heavy atom. The molecule has 0 bridgehead atoms. The average Bonchev–Trinajstić information content (AvgIpc) is 2.79. The first-order valence-electron chi connectivity index (χ1n) is 5.95. The Morgan fingerprint density at radius 3 is 2.63 bits per heavy atom. The number of hydrogen-bond donors (Lipinski definition) is 1. The predicted molar refractivity (Wildman–Crippen MR) is 83.8 cm³/mol. The maximum absolute atomic E-state index is 12.3. The first-order valence-corrected chi connectivity index (χ1v) is 7.56. The van der Waals surface area contributed by atoms with Crippen molar-refractivity contribution < 1.29 is 9.53 Å². The molecule has 19 heavy (non-hydrogen) atoms. The number of halogens is 2. The van der Waals surface area contributed by atoms with E-state index in [1.807, 2.05) is 11.9 Å². The molecule has 1 saturated heterocycles. The quantitative estimate of drug-likeness (QED) is 0.891. The zero-order valence-electron chi connectivity index (χ0n) is 10.9. The number of rotatable bonds is 3. The maximum Gasteiger partial charge on any atom is 0.264 e. The van der Waals surface area contributed by atoms with Crippen molar-refractivity contribution in [3.63, 3.8) is 0 Å². The molecule has 1 fully saturated rings. The van der Waals surface area contributed by atoms with Gasteiger partial charge in [0.05, 0.1) is 12.0 Å². The van der Waals surface area contributed by atoms with Gasteiger partial charge in [0.25, 0.3) is 5.91 Å². The Hall–Kier alpha value is -0.300. The summed E-state index contributed by atoms with van der Waals surface area (Å²) in [5.74, 6) is 0.840. The van der Waals surface area contributed by atoms with Crippen LogP contribution in [0.5, 0.6) is 5.75 Å². The van der Waals surface area contributed by atoms with Gasteiger partial charge in [-0.1, -0.05) is 0 Å². The van der Waals surface area contributed by atoms with Crippen molar-refractivity contribution in [3.8, 4) is 5.75 Å². The molecule has 0 radical (unpaired) electrons. The van der Waals surface area contributed by atoms with Crippen LogP contribution in [0.25, 0.3) is 0 Å². The highest BCUT2D eigenvalue weighted by Gasteiger charge is 2.24. The predicted octanol–water partition coefficient (Wildman–Crippen LogP) is 2.77. The molecule has 1 N–H and O–H groups in total. The first kappa shape index (κ1) is 16.8. The highest BCUT2D eigenvalue weighted by atomic mass is 79.9. The van der Waals surface area contributed by atoms with Gasteiger partial charge < -0.3 is 15.0 Å². The zero-order valence-corrected chi connectivity index (χ0v) is 14.2. The number of nitrogens with one attached hydrogen (secondary N) is 1. The van der Waals surface area contributed by atoms with Gasteiger partial charge in [0.15, 0.2) is 0 Å². The van der Waals surface area contributed by atoms with E-state index in [-0.39, 0.29) is 18.3 Å². The van der Waals surface area contributed by atoms with E-state index < -0.39 is 0 Å². The number of hydrogen-bond acceptors (Lipinski definition) is 4. The summed E-state index contributed by atoms with van der Waals surface area (Å²) in [6.07, 6.45) is 2.04. The minimum atomic E-state index is 0. The van der Waals surface area contributed by atoms with E-state index in [2.05, 4.69) is 21.2 Å². The number of thiophene rings is 1. The van der Waals surface area contributed by atoms with Crippen molar-refractivity contribution in [2.45, 2.75) is 18.9 Å². The number of ether oxygens (including phenoxy) is 1. The molecule has 108 valence electrons. The summed E-state index contributed by atoms with van der Waals surface area (Å²) in [7, 11) is 3.59. The molecule has 2 heterocycles. The van der Waals surface area contributed by atoms with Gasteiger partial charge in [-0.05, 0) is 35.8 Å². The van der Waals surface area contributed by atoms with Gasteiger partial charge in [0, 0.05) is 25.2 Å². The van der Waals surface area contributed by atoms with Crippen LogP contribution in [0.2, 0.25) is 0 Å². The van der Waals surface area contributed by atoms with Gasteiger partial charge in [-0.25, -0.2) is 0 Å². The first-order chi connectivity index (χ1) is 8.65. The second-order valence-electron chi connectivity index (χ2n) is 4.31. The molecular weight excluding hydrogens is 352 g/mol. The number of carbonyl (C=O) groups excluding carboxylic acids is 1. The van der Waals surface area contributed by atoms with Crippen molar-refractivity contribution in [2.75, 3.05) is 27.2 Å². The fraction of sp³-hybridized carbons (Fsp3) is 0.583. The van der Waals surface area contributed by atoms with Crippen molar-refractivity contribution in [1.29, 1.82) is 0 Å². The molecule has 0 atom stereocenters. The third kappa shape index (κ3) is 3.84. The van der Waals surface area contributed by atoms with E-state index in [4.69, 9.17) is 4.74 Å². The number of likely N-dealkylation sites (tertiary alicyclic amines) is 1. The highest BCUT2D eigenvalue weighted by molar-refractivity contribution is 9.11. The van der Waals surface area contributed by atoms with Crippen LogP contribution in [0.15, 0.2) is 9.85 Å². The molecule has 1 aliphatic rings. The average molecular weight is 370 g/mol. The van der Waals surface area contributed by atoms with Crippen molar-refractivity contribution >= 4 is 45.6 Å². The summed E-state index contributed by atoms with van der Waals surface area (Å²) in [5.41, 5.74) is 0. The second kappa shape index (κ2) is 7.47. The molecule has 1 aromatic rings. The van der Waals surface area contributed by atoms with Gasteiger partial charge in [-0.15, -0.1) is 23.7 Å². The lowest BCUT2D eigenvalue weighted by atomic mass is 10.1. The Kier molecular flexibility index (Phi) is 6.59. The summed E-state index contributed by atoms with van der Waals surface area (Å²) in [6, 6.07) is 2.35. The van der Waals surface area contributed by atoms with Gasteiger partial charge in [0.2, 0.25) is 0 Å². The van der Waals surface area contributed by atoms with E-state index in [1.165, 1.54) is 11.3 Å². The van der Waals surface area contributed by atoms with E-state index in [0.29, 0.717) is 6.04 Å². The van der Waals surface area contributed by atoms with Crippen LogP contribution in [0, 0.1) is 0 Å². The van der Waals surface area contributed by atoms with E-state index in [1.54, 1.807) is 13.2 Å². The van der Waals surface area contributed by atoms with E-state index >= 15 is 0 Å². The fourth-order valence-electron chi connectivity index (χ4n) is 2.12. The van der Waals surface area contributed by atoms with Gasteiger partial charge in [0.1, 0.15) is 9.54 Å². The summed E-state index contributed by atoms with van der Waals surface area (Å²) in [5, 5.41) is 3.26. The van der Waals surface area contributed by atoms with Crippen molar-refractivity contribution in [3.05, 3.63) is 14.7 Å². The van der Waals surface area contributed by atoms with Gasteiger partial charge in [-0.3, -0.25) is 4.79 Å². The lowest BCUT2D eigenvalue weighted by Gasteiger charge is -2.31. The molecule has 2 rings (SSSR count). The minimum Gasteiger partial charge on any atom is -0.495 e. The Bertz CT molecular complexity index is 433. The number of methoxy groups -OCH3 is 1. The Morgan fingerprint density at radius 2 is 2.16 bits per heavy atom. The third-order valence-electron chi connectivity index (χ3n) is 3.28. The lowest BCUT2D eigenvalue weighted by molar-refractivity contribution is 0.0712. The van der Waals surface area contributed by atoms with Crippen molar-refractivity contribution in [2.24, 2.45) is 0 Å². The van der Waals surface area contributed by atoms with E-state index in [0.717, 1.165) is 40.3 Å². The molecule has 0 aromatic carbocycles. The van der Waals surface area contributed by atoms with Crippen LogP contribution in [-0.4, -0.2) is 44.1 Å². The monoisotopic (exact) mass is 368 g/mol. The normalized spacial score (nSPS) is 16.1. The number of nitrogens with zero attached hydrogens (tertiary/aromatic N) is 1. The van der Waals surface area contributed by atoms with Gasteiger partial charge in [-0.2, -0.15) is 0 Å². The third-order valence-corrected chi connectivity index (χ3v) is 5.05. The standard InChI is InChI=1S/C12H17BrN2O2S.ClH/c1-14-8-3-5-15(6-4-8)12(16)10-7-9(17-2)11(13)18-10;/h7-8,14H,3-6H2,1-2H3;1H. The summed E-state index contributed by atoms with van der Waals surface area (Å²) >= 11 is 4.84. The molecular formula is C12H18BrClN2O2S. The fourth-order valence-corrected chi connectivity index (χ4v) is 3.74. The van der Waals surface area contributed by atoms with Crippen LogP contribution < -0.4 is 10.1 Å². The molecule has 0 spiro atoms. The number of carbonyl (C=O) groups is 1. The Labute approximate surface area is 132 Å². The van der Waals surface area contributed by atoms with E-state index in [9.17, 15) is 4.79 Å². The molecule has 7 heteroatoms. The zero-order chi connectivity index (χ0) is 13.1. The molecule has 0 saturated carbocycles. The smallest absolute Gasteiger partial charge is 0.264 e. The molecule has 1 aromatic heterocycles. The number of amides is 1. The molecule has 1 amide bonds. The van der Waals surface area contributed by atoms with Crippen LogP contribution in [0.1, 0.15) is 22.5 Å². The lowest BCUT2D eigenvalue weighted by Crippen LogP contribution is -2.43. The van der Waals surface area contributed by atoms with Crippen LogP contribution in [0.4, 0.5) is 0 Å². The maximum atomic E-state index is 12.3. The molecule has 0 aliphatic carbocycles. The SMILES string of the molecule is CNC1CCN(C(=O)c2cc(OC)c(Br)s2)CC1.Cl. The molecule has 4 nitrogen and oxygen atoms in total. The summed E-state index contributed by atoms with van der Waals surface area (Å²) in [6.45, 7) is 1.64. The number of piperidine rings is 1. The van der Waals surface area contributed by atoms with Crippen molar-refractivity contribution in [1.82, 2.24) is 10.2 Å².